The van der Waals surface area contributed by atoms with Gasteiger partial charge in [-0.3, -0.25) is 9.89 Å². The summed E-state index contributed by atoms with van der Waals surface area (Å²) >= 11 is 9.23. The molecule has 150 valence electrons. The second-order valence-electron chi connectivity index (χ2n) is 6.32. The summed E-state index contributed by atoms with van der Waals surface area (Å²) in [6.45, 7) is 0. The average molecular weight is 492 g/mol. The number of nitriles is 1. The topological polar surface area (TPSA) is 94.6 Å². The Bertz CT molecular complexity index is 1390. The molecule has 0 unspecified atom stereocenters. The van der Waals surface area contributed by atoms with Gasteiger partial charge in [-0.2, -0.15) is 10.4 Å². The number of benzene rings is 2. The lowest BCUT2D eigenvalue weighted by Crippen LogP contribution is -2.09. The standard InChI is InChI=1S/C20H10BrClF2N4O2/c21-14-2-1-10(5-16-13-7-15(23)20(29)26-19(13)28-27-16)17(24)18(14)30-12-4-9(8-25)3-11(22)6-12/h1-4,6-7H,5H2,(H2,26,27,28,29). The first-order valence-electron chi connectivity index (χ1n) is 8.47. The van der Waals surface area contributed by atoms with Crippen molar-refractivity contribution < 1.29 is 13.5 Å². The van der Waals surface area contributed by atoms with Crippen molar-refractivity contribution in [2.24, 2.45) is 0 Å². The zero-order valence-corrected chi connectivity index (χ0v) is 17.2. The first-order chi connectivity index (χ1) is 14.4. The molecule has 2 N–H and O–H groups in total. The van der Waals surface area contributed by atoms with E-state index in [4.69, 9.17) is 21.6 Å². The van der Waals surface area contributed by atoms with Gasteiger partial charge in [-0.05, 0) is 51.8 Å². The van der Waals surface area contributed by atoms with Crippen molar-refractivity contribution in [1.29, 1.82) is 5.26 Å². The summed E-state index contributed by atoms with van der Waals surface area (Å²) in [6.07, 6.45) is 0.0138. The van der Waals surface area contributed by atoms with E-state index in [9.17, 15) is 9.18 Å². The van der Waals surface area contributed by atoms with Crippen LogP contribution >= 0.6 is 27.5 Å². The molecule has 0 amide bonds. The molecule has 2 aromatic heterocycles. The second-order valence-corrected chi connectivity index (χ2v) is 7.61. The van der Waals surface area contributed by atoms with Crippen LogP contribution in [0.2, 0.25) is 5.02 Å². The fourth-order valence-corrected chi connectivity index (χ4v) is 3.54. The maximum Gasteiger partial charge on any atom is 0.285 e. The Labute approximate surface area is 181 Å². The van der Waals surface area contributed by atoms with E-state index in [0.717, 1.165) is 6.07 Å². The average Bonchev–Trinajstić information content (AvgIpc) is 3.08. The molecule has 0 saturated heterocycles. The minimum absolute atomic E-state index is 0.0138. The molecule has 4 rings (SSSR count). The van der Waals surface area contributed by atoms with Gasteiger partial charge in [0.15, 0.2) is 17.4 Å². The molecule has 0 spiro atoms. The van der Waals surface area contributed by atoms with Crippen LogP contribution in [0.5, 0.6) is 11.5 Å². The summed E-state index contributed by atoms with van der Waals surface area (Å²) in [7, 11) is 0. The number of rotatable bonds is 4. The number of halogens is 4. The molecular formula is C20H10BrClF2N4O2. The summed E-state index contributed by atoms with van der Waals surface area (Å²) in [5, 5.41) is 16.3. The highest BCUT2D eigenvalue weighted by Gasteiger charge is 2.18. The van der Waals surface area contributed by atoms with Crippen molar-refractivity contribution in [2.75, 3.05) is 0 Å². The fourth-order valence-electron chi connectivity index (χ4n) is 2.93. The third kappa shape index (κ3) is 3.79. The number of nitrogens with one attached hydrogen (secondary N) is 2. The normalized spacial score (nSPS) is 10.9. The van der Waals surface area contributed by atoms with Crippen LogP contribution in [-0.4, -0.2) is 15.2 Å². The molecule has 0 aliphatic rings. The van der Waals surface area contributed by atoms with Crippen LogP contribution in [-0.2, 0) is 6.42 Å². The minimum atomic E-state index is -0.959. The lowest BCUT2D eigenvalue weighted by Gasteiger charge is -2.12. The van der Waals surface area contributed by atoms with Gasteiger partial charge in [0, 0.05) is 16.8 Å². The van der Waals surface area contributed by atoms with Gasteiger partial charge < -0.3 is 9.72 Å². The van der Waals surface area contributed by atoms with Crippen molar-refractivity contribution in [2.45, 2.75) is 6.42 Å². The fraction of sp³-hybridized carbons (Fsp3) is 0.0500. The number of aromatic nitrogens is 3. The lowest BCUT2D eigenvalue weighted by atomic mass is 10.1. The quantitative estimate of drug-likeness (QED) is 0.410. The number of ether oxygens (including phenoxy) is 1. The molecule has 4 aromatic rings. The summed E-state index contributed by atoms with van der Waals surface area (Å²) in [5.41, 5.74) is 0.219. The molecule has 0 bridgehead atoms. The molecule has 0 radical (unpaired) electrons. The minimum Gasteiger partial charge on any atom is -0.453 e. The van der Waals surface area contributed by atoms with Crippen molar-refractivity contribution in [3.63, 3.8) is 0 Å². The number of aromatic amines is 2. The summed E-state index contributed by atoms with van der Waals surface area (Å²) in [6, 6.07) is 10.5. The van der Waals surface area contributed by atoms with Gasteiger partial charge in [-0.15, -0.1) is 0 Å². The van der Waals surface area contributed by atoms with E-state index in [1.165, 1.54) is 24.3 Å². The molecular weight excluding hydrogens is 482 g/mol. The molecule has 0 fully saturated rings. The molecule has 30 heavy (non-hydrogen) atoms. The third-order valence-electron chi connectivity index (χ3n) is 4.32. The number of pyridine rings is 1. The van der Waals surface area contributed by atoms with Crippen LogP contribution in [0.1, 0.15) is 16.8 Å². The van der Waals surface area contributed by atoms with E-state index in [1.807, 2.05) is 6.07 Å². The Kier molecular flexibility index (Phi) is 5.28. The maximum absolute atomic E-state index is 15.2. The van der Waals surface area contributed by atoms with Crippen LogP contribution in [0.25, 0.3) is 11.0 Å². The van der Waals surface area contributed by atoms with Gasteiger partial charge in [0.1, 0.15) is 11.4 Å². The SMILES string of the molecule is N#Cc1cc(Cl)cc(Oc2c(Br)ccc(Cc3n[nH]c4[nH]c(=O)c(F)cc34)c2F)c1. The smallest absolute Gasteiger partial charge is 0.285 e. The van der Waals surface area contributed by atoms with E-state index in [1.54, 1.807) is 6.07 Å². The number of hydrogen-bond donors (Lipinski definition) is 2. The first-order valence-corrected chi connectivity index (χ1v) is 9.64. The van der Waals surface area contributed by atoms with Gasteiger partial charge in [0.2, 0.25) is 0 Å². The van der Waals surface area contributed by atoms with Crippen LogP contribution in [0, 0.1) is 23.0 Å². The van der Waals surface area contributed by atoms with Crippen molar-refractivity contribution in [1.82, 2.24) is 15.2 Å². The van der Waals surface area contributed by atoms with Crippen molar-refractivity contribution in [3.05, 3.63) is 84.7 Å². The molecule has 2 aromatic carbocycles. The molecule has 0 saturated carbocycles. The second kappa shape index (κ2) is 7.89. The van der Waals surface area contributed by atoms with E-state index in [2.05, 4.69) is 31.1 Å². The molecule has 6 nitrogen and oxygen atoms in total. The predicted octanol–water partition coefficient (Wildman–Crippen LogP) is 5.20. The van der Waals surface area contributed by atoms with Crippen molar-refractivity contribution in [3.8, 4) is 17.6 Å². The van der Waals surface area contributed by atoms with Gasteiger partial charge in [-0.25, -0.2) is 8.78 Å². The Balaban J connectivity index is 1.72. The monoisotopic (exact) mass is 490 g/mol. The van der Waals surface area contributed by atoms with Gasteiger partial charge in [-0.1, -0.05) is 17.7 Å². The molecule has 10 heteroatoms. The number of nitrogens with zero attached hydrogens (tertiary/aromatic N) is 2. The Morgan fingerprint density at radius 1 is 1.23 bits per heavy atom. The van der Waals surface area contributed by atoms with Gasteiger partial charge in [0.05, 0.1) is 21.8 Å². The summed E-state index contributed by atoms with van der Waals surface area (Å²) in [4.78, 5) is 13.7. The van der Waals surface area contributed by atoms with Gasteiger partial charge in [0.25, 0.3) is 5.56 Å². The Morgan fingerprint density at radius 2 is 2.03 bits per heavy atom. The Hall–Kier alpha value is -3.22. The highest BCUT2D eigenvalue weighted by molar-refractivity contribution is 9.10. The number of H-pyrrole nitrogens is 2. The van der Waals surface area contributed by atoms with Crippen molar-refractivity contribution >= 4 is 38.6 Å². The molecule has 0 atom stereocenters. The van der Waals surface area contributed by atoms with Crippen LogP contribution in [0.3, 0.4) is 0 Å². The zero-order chi connectivity index (χ0) is 21.4. The molecule has 2 heterocycles. The van der Waals surface area contributed by atoms with E-state index in [-0.39, 0.29) is 39.7 Å². The molecule has 0 aliphatic heterocycles. The first kappa shape index (κ1) is 20.1. The summed E-state index contributed by atoms with van der Waals surface area (Å²) in [5.74, 6) is -1.53. The Morgan fingerprint density at radius 3 is 2.80 bits per heavy atom. The van der Waals surface area contributed by atoms with Crippen LogP contribution in [0.15, 0.2) is 45.7 Å². The highest BCUT2D eigenvalue weighted by atomic mass is 79.9. The number of hydrogen-bond acceptors (Lipinski definition) is 4. The lowest BCUT2D eigenvalue weighted by molar-refractivity contribution is 0.436. The van der Waals surface area contributed by atoms with E-state index < -0.39 is 17.2 Å². The van der Waals surface area contributed by atoms with Crippen LogP contribution in [0.4, 0.5) is 8.78 Å². The largest absolute Gasteiger partial charge is 0.453 e. The maximum atomic E-state index is 15.2. The summed E-state index contributed by atoms with van der Waals surface area (Å²) < 4.78 is 34.9. The number of fused-ring (bicyclic) bond motifs is 1. The van der Waals surface area contributed by atoms with Crippen LogP contribution < -0.4 is 10.3 Å². The molecule has 0 aliphatic carbocycles. The predicted molar refractivity (Wildman–Crippen MR) is 110 cm³/mol. The van der Waals surface area contributed by atoms with Gasteiger partial charge >= 0.3 is 0 Å². The van der Waals surface area contributed by atoms with E-state index >= 15 is 4.39 Å². The zero-order valence-electron chi connectivity index (χ0n) is 14.9. The third-order valence-corrected chi connectivity index (χ3v) is 5.16. The highest BCUT2D eigenvalue weighted by Crippen LogP contribution is 2.36. The van der Waals surface area contributed by atoms with E-state index in [0.29, 0.717) is 15.6 Å².